The number of nitrogens with one attached hydrogen (secondary N) is 1. The maximum absolute atomic E-state index is 5.57. The molecular formula is C13H26N2O. The molecule has 1 saturated heterocycles. The Hall–Kier alpha value is -0.120. The van der Waals surface area contributed by atoms with Crippen molar-refractivity contribution in [3.8, 4) is 0 Å². The first kappa shape index (κ1) is 12.3. The van der Waals surface area contributed by atoms with Crippen molar-refractivity contribution in [3.05, 3.63) is 0 Å². The molecule has 1 aliphatic heterocycles. The van der Waals surface area contributed by atoms with Gasteiger partial charge in [0.15, 0.2) is 0 Å². The van der Waals surface area contributed by atoms with E-state index in [1.807, 2.05) is 7.05 Å². The molecule has 1 saturated carbocycles. The van der Waals surface area contributed by atoms with E-state index in [4.69, 9.17) is 4.74 Å². The summed E-state index contributed by atoms with van der Waals surface area (Å²) in [5.74, 6) is 0.950. The van der Waals surface area contributed by atoms with Gasteiger partial charge in [-0.15, -0.1) is 0 Å². The zero-order valence-corrected chi connectivity index (χ0v) is 10.6. The first-order valence-electron chi connectivity index (χ1n) is 6.86. The van der Waals surface area contributed by atoms with Crippen molar-refractivity contribution in [1.82, 2.24) is 10.2 Å². The molecule has 0 aromatic heterocycles. The second-order valence-electron chi connectivity index (χ2n) is 5.29. The predicted molar refractivity (Wildman–Crippen MR) is 66.7 cm³/mol. The second kappa shape index (κ2) is 6.58. The minimum absolute atomic E-state index is 0.598. The van der Waals surface area contributed by atoms with Crippen molar-refractivity contribution in [2.75, 3.05) is 39.9 Å². The van der Waals surface area contributed by atoms with Crippen LogP contribution in [0.15, 0.2) is 0 Å². The van der Waals surface area contributed by atoms with Crippen LogP contribution in [0.2, 0.25) is 0 Å². The third kappa shape index (κ3) is 3.44. The topological polar surface area (TPSA) is 24.5 Å². The Morgan fingerprint density at radius 3 is 2.81 bits per heavy atom. The van der Waals surface area contributed by atoms with E-state index in [2.05, 4.69) is 10.2 Å². The largest absolute Gasteiger partial charge is 0.378 e. The van der Waals surface area contributed by atoms with Gasteiger partial charge in [-0.3, -0.25) is 4.90 Å². The third-order valence-corrected chi connectivity index (χ3v) is 4.01. The van der Waals surface area contributed by atoms with E-state index in [9.17, 15) is 0 Å². The van der Waals surface area contributed by atoms with Gasteiger partial charge in [-0.1, -0.05) is 19.3 Å². The van der Waals surface area contributed by atoms with E-state index in [0.717, 1.165) is 32.2 Å². The normalized spacial score (nSPS) is 29.4. The number of ether oxygens (including phenoxy) is 1. The highest BCUT2D eigenvalue weighted by Crippen LogP contribution is 2.25. The van der Waals surface area contributed by atoms with Crippen LogP contribution in [-0.2, 0) is 4.74 Å². The van der Waals surface area contributed by atoms with Gasteiger partial charge in [0.05, 0.1) is 13.2 Å². The molecule has 0 bridgehead atoms. The fraction of sp³-hybridized carbons (Fsp3) is 1.00. The lowest BCUT2D eigenvalue weighted by Crippen LogP contribution is -2.51. The molecule has 1 heterocycles. The van der Waals surface area contributed by atoms with E-state index in [0.29, 0.717) is 6.04 Å². The lowest BCUT2D eigenvalue weighted by molar-refractivity contribution is -0.0153. The molecule has 0 radical (unpaired) electrons. The van der Waals surface area contributed by atoms with E-state index in [-0.39, 0.29) is 0 Å². The minimum atomic E-state index is 0.598. The Bertz CT molecular complexity index is 190. The molecule has 0 aromatic rings. The predicted octanol–water partition coefficient (Wildman–Crippen LogP) is 1.49. The maximum atomic E-state index is 5.57. The Morgan fingerprint density at radius 2 is 2.06 bits per heavy atom. The summed E-state index contributed by atoms with van der Waals surface area (Å²) in [6.07, 6.45) is 7.25. The highest BCUT2D eigenvalue weighted by atomic mass is 16.5. The van der Waals surface area contributed by atoms with E-state index in [1.54, 1.807) is 0 Å². The summed E-state index contributed by atoms with van der Waals surface area (Å²) in [5, 5.41) is 3.28. The number of nitrogens with zero attached hydrogens (tertiary/aromatic N) is 1. The van der Waals surface area contributed by atoms with Crippen molar-refractivity contribution < 1.29 is 4.74 Å². The van der Waals surface area contributed by atoms with Crippen molar-refractivity contribution in [2.45, 2.75) is 38.1 Å². The lowest BCUT2D eigenvalue weighted by atomic mass is 9.88. The van der Waals surface area contributed by atoms with Gasteiger partial charge >= 0.3 is 0 Å². The number of hydrogen-bond donors (Lipinski definition) is 1. The quantitative estimate of drug-likeness (QED) is 0.786. The zero-order valence-electron chi connectivity index (χ0n) is 10.6. The van der Waals surface area contributed by atoms with Gasteiger partial charge in [0, 0.05) is 25.7 Å². The minimum Gasteiger partial charge on any atom is -0.378 e. The lowest BCUT2D eigenvalue weighted by Gasteiger charge is -2.38. The monoisotopic (exact) mass is 226 g/mol. The van der Waals surface area contributed by atoms with E-state index in [1.165, 1.54) is 38.6 Å². The number of morpholine rings is 1. The Morgan fingerprint density at radius 1 is 1.25 bits per heavy atom. The van der Waals surface area contributed by atoms with Crippen molar-refractivity contribution in [2.24, 2.45) is 5.92 Å². The average Bonchev–Trinajstić information content (AvgIpc) is 2.33. The highest BCUT2D eigenvalue weighted by Gasteiger charge is 2.25. The molecule has 94 valence electrons. The van der Waals surface area contributed by atoms with E-state index >= 15 is 0 Å². The third-order valence-electron chi connectivity index (χ3n) is 4.01. The average molecular weight is 226 g/mol. The summed E-state index contributed by atoms with van der Waals surface area (Å²) in [6, 6.07) is 0.598. The van der Waals surface area contributed by atoms with Crippen LogP contribution in [0.3, 0.4) is 0 Å². The Kier molecular flexibility index (Phi) is 5.07. The Balaban J connectivity index is 1.80. The van der Waals surface area contributed by atoms with Crippen LogP contribution in [0, 0.1) is 5.92 Å². The van der Waals surface area contributed by atoms with Crippen LogP contribution in [0.1, 0.15) is 32.1 Å². The summed E-state index contributed by atoms with van der Waals surface area (Å²) < 4.78 is 5.57. The molecule has 2 rings (SSSR count). The molecule has 16 heavy (non-hydrogen) atoms. The van der Waals surface area contributed by atoms with Crippen LogP contribution in [0.25, 0.3) is 0 Å². The molecule has 2 fully saturated rings. The number of hydrogen-bond acceptors (Lipinski definition) is 3. The van der Waals surface area contributed by atoms with Crippen molar-refractivity contribution >= 4 is 0 Å². The zero-order chi connectivity index (χ0) is 11.2. The van der Waals surface area contributed by atoms with Crippen molar-refractivity contribution in [1.29, 1.82) is 0 Å². The van der Waals surface area contributed by atoms with Gasteiger partial charge < -0.3 is 10.1 Å². The molecular weight excluding hydrogens is 200 g/mol. The summed E-state index contributed by atoms with van der Waals surface area (Å²) in [4.78, 5) is 2.65. The van der Waals surface area contributed by atoms with Crippen LogP contribution in [0.4, 0.5) is 0 Å². The van der Waals surface area contributed by atoms with Crippen LogP contribution in [-0.4, -0.2) is 50.8 Å². The Labute approximate surface area is 99.5 Å². The molecule has 1 aliphatic carbocycles. The standard InChI is InChI=1S/C13H26N2O/c1-14-9-13-11-16-8-7-15(13)10-12-5-3-2-4-6-12/h12-14H,2-11H2,1H3. The van der Waals surface area contributed by atoms with Gasteiger partial charge in [0.25, 0.3) is 0 Å². The van der Waals surface area contributed by atoms with Crippen LogP contribution < -0.4 is 5.32 Å². The molecule has 3 heteroatoms. The first-order chi connectivity index (χ1) is 7.90. The van der Waals surface area contributed by atoms with Crippen molar-refractivity contribution in [3.63, 3.8) is 0 Å². The smallest absolute Gasteiger partial charge is 0.0634 e. The molecule has 1 atom stereocenters. The second-order valence-corrected chi connectivity index (χ2v) is 5.29. The first-order valence-corrected chi connectivity index (χ1v) is 6.86. The number of likely N-dealkylation sites (N-methyl/N-ethyl adjacent to an activating group) is 1. The SMILES string of the molecule is CNCC1COCCN1CC1CCCCC1. The van der Waals surface area contributed by atoms with Crippen LogP contribution >= 0.6 is 0 Å². The summed E-state index contributed by atoms with van der Waals surface area (Å²) in [7, 11) is 2.04. The van der Waals surface area contributed by atoms with Gasteiger partial charge in [0.2, 0.25) is 0 Å². The molecule has 2 aliphatic rings. The van der Waals surface area contributed by atoms with Gasteiger partial charge in [-0.05, 0) is 25.8 Å². The summed E-state index contributed by atoms with van der Waals surface area (Å²) >= 11 is 0. The van der Waals surface area contributed by atoms with Gasteiger partial charge in [-0.25, -0.2) is 0 Å². The molecule has 1 unspecified atom stereocenters. The fourth-order valence-corrected chi connectivity index (χ4v) is 3.05. The fourth-order valence-electron chi connectivity index (χ4n) is 3.05. The molecule has 0 aromatic carbocycles. The van der Waals surface area contributed by atoms with Gasteiger partial charge in [0.1, 0.15) is 0 Å². The molecule has 3 nitrogen and oxygen atoms in total. The highest BCUT2D eigenvalue weighted by molar-refractivity contribution is 4.80. The van der Waals surface area contributed by atoms with E-state index < -0.39 is 0 Å². The van der Waals surface area contributed by atoms with Crippen LogP contribution in [0.5, 0.6) is 0 Å². The number of rotatable bonds is 4. The summed E-state index contributed by atoms with van der Waals surface area (Å²) in [5.41, 5.74) is 0. The molecule has 0 amide bonds. The summed E-state index contributed by atoms with van der Waals surface area (Å²) in [6.45, 7) is 5.33. The van der Waals surface area contributed by atoms with Gasteiger partial charge in [-0.2, -0.15) is 0 Å². The molecule has 0 spiro atoms. The molecule has 1 N–H and O–H groups in total. The maximum Gasteiger partial charge on any atom is 0.0634 e.